The van der Waals surface area contributed by atoms with Crippen LogP contribution in [-0.4, -0.2) is 37.7 Å². The number of carbonyl (C=O) groups is 1. The van der Waals surface area contributed by atoms with E-state index in [2.05, 4.69) is 22.1 Å². The first-order valence-electron chi connectivity index (χ1n) is 11.0. The number of aromatic hydroxyl groups is 1. The average Bonchev–Trinajstić information content (AvgIpc) is 3.38. The average molecular weight is 441 g/mol. The van der Waals surface area contributed by atoms with Gasteiger partial charge in [0.05, 0.1) is 12.6 Å². The summed E-state index contributed by atoms with van der Waals surface area (Å²) in [6.45, 7) is 3.07. The lowest BCUT2D eigenvalue weighted by atomic mass is 9.95. The van der Waals surface area contributed by atoms with Crippen LogP contribution in [-0.2, 0) is 6.54 Å². The van der Waals surface area contributed by atoms with Crippen molar-refractivity contribution in [3.05, 3.63) is 95.4 Å². The quantitative estimate of drug-likeness (QED) is 0.434. The summed E-state index contributed by atoms with van der Waals surface area (Å²) in [5.74, 6) is 0.723. The molecule has 4 aromatic rings. The van der Waals surface area contributed by atoms with E-state index < -0.39 is 6.04 Å². The Morgan fingerprint density at radius 2 is 2.00 bits per heavy atom. The molecule has 0 aliphatic carbocycles. The smallest absolute Gasteiger partial charge is 0.273 e. The van der Waals surface area contributed by atoms with Crippen LogP contribution >= 0.6 is 0 Å². The van der Waals surface area contributed by atoms with Crippen molar-refractivity contribution >= 4 is 5.91 Å². The predicted molar refractivity (Wildman–Crippen MR) is 124 cm³/mol. The van der Waals surface area contributed by atoms with Gasteiger partial charge in [0, 0.05) is 30.1 Å². The molecule has 0 saturated carbocycles. The first kappa shape index (κ1) is 20.8. The molecule has 5 rings (SSSR count). The van der Waals surface area contributed by atoms with Gasteiger partial charge in [0.15, 0.2) is 0 Å². The van der Waals surface area contributed by atoms with E-state index in [0.29, 0.717) is 30.1 Å². The third-order valence-corrected chi connectivity index (χ3v) is 5.75. The van der Waals surface area contributed by atoms with E-state index in [4.69, 9.17) is 4.74 Å². The summed E-state index contributed by atoms with van der Waals surface area (Å²) in [4.78, 5) is 19.5. The van der Waals surface area contributed by atoms with Gasteiger partial charge >= 0.3 is 0 Å². The number of nitrogens with zero attached hydrogens (tertiary/aromatic N) is 3. The number of nitrogens with one attached hydrogen (secondary N) is 1. The van der Waals surface area contributed by atoms with Crippen molar-refractivity contribution in [1.82, 2.24) is 20.1 Å². The molecule has 1 atom stereocenters. The Kier molecular flexibility index (Phi) is 5.52. The molecule has 2 aromatic heterocycles. The fraction of sp³-hybridized carbons (Fsp3) is 0.192. The number of aromatic amines is 1. The molecule has 0 saturated heterocycles. The highest BCUT2D eigenvalue weighted by Crippen LogP contribution is 2.45. The molecule has 33 heavy (non-hydrogen) atoms. The maximum absolute atomic E-state index is 13.5. The van der Waals surface area contributed by atoms with Crippen LogP contribution in [0.4, 0.5) is 0 Å². The maximum Gasteiger partial charge on any atom is 0.273 e. The van der Waals surface area contributed by atoms with Crippen molar-refractivity contribution in [2.75, 3.05) is 6.61 Å². The lowest BCUT2D eigenvalue weighted by Gasteiger charge is -2.26. The SMILES string of the molecule is CCCOc1cccc(C2c3c(-c4ccccc4O)n[nH]c3C(=O)N2Cc2cccnc2)c1. The number of ether oxygens (including phenoxy) is 1. The normalized spacial score (nSPS) is 15.0. The van der Waals surface area contributed by atoms with Crippen molar-refractivity contribution < 1.29 is 14.6 Å². The van der Waals surface area contributed by atoms with E-state index in [-0.39, 0.29) is 11.7 Å². The number of amides is 1. The number of aromatic nitrogens is 3. The first-order chi connectivity index (χ1) is 16.2. The van der Waals surface area contributed by atoms with Crippen molar-refractivity contribution in [1.29, 1.82) is 0 Å². The van der Waals surface area contributed by atoms with E-state index in [1.165, 1.54) is 0 Å². The van der Waals surface area contributed by atoms with Crippen LogP contribution in [0.3, 0.4) is 0 Å². The number of para-hydroxylation sites is 1. The van der Waals surface area contributed by atoms with Crippen molar-refractivity contribution in [3.8, 4) is 22.8 Å². The van der Waals surface area contributed by atoms with Crippen LogP contribution in [0.1, 0.15) is 46.6 Å². The Labute approximate surface area is 191 Å². The Bertz CT molecular complexity index is 1290. The summed E-state index contributed by atoms with van der Waals surface area (Å²) in [6, 6.07) is 18.3. The fourth-order valence-electron chi connectivity index (χ4n) is 4.27. The van der Waals surface area contributed by atoms with Gasteiger partial charge < -0.3 is 14.7 Å². The number of rotatable bonds is 7. The van der Waals surface area contributed by atoms with Gasteiger partial charge in [-0.15, -0.1) is 0 Å². The Balaban J connectivity index is 1.64. The van der Waals surface area contributed by atoms with Crippen molar-refractivity contribution in [2.45, 2.75) is 25.9 Å². The lowest BCUT2D eigenvalue weighted by Crippen LogP contribution is -2.29. The monoisotopic (exact) mass is 440 g/mol. The molecule has 0 fully saturated rings. The number of phenolic OH excluding ortho intramolecular Hbond substituents is 1. The molecule has 0 spiro atoms. The van der Waals surface area contributed by atoms with Crippen LogP contribution < -0.4 is 4.74 Å². The molecule has 0 radical (unpaired) electrons. The molecule has 1 aliphatic rings. The molecule has 2 N–H and O–H groups in total. The molecule has 1 aliphatic heterocycles. The molecule has 7 nitrogen and oxygen atoms in total. The maximum atomic E-state index is 13.5. The molecule has 0 bridgehead atoms. The van der Waals surface area contributed by atoms with Gasteiger partial charge in [-0.1, -0.05) is 37.3 Å². The van der Waals surface area contributed by atoms with Crippen LogP contribution in [0.2, 0.25) is 0 Å². The number of fused-ring (bicyclic) bond motifs is 1. The van der Waals surface area contributed by atoms with Gasteiger partial charge in [0.1, 0.15) is 22.9 Å². The second-order valence-corrected chi connectivity index (χ2v) is 8.00. The lowest BCUT2D eigenvalue weighted by molar-refractivity contribution is 0.0729. The van der Waals surface area contributed by atoms with Gasteiger partial charge in [-0.25, -0.2) is 0 Å². The Morgan fingerprint density at radius 1 is 1.12 bits per heavy atom. The van der Waals surface area contributed by atoms with E-state index >= 15 is 0 Å². The van der Waals surface area contributed by atoms with Gasteiger partial charge in [-0.2, -0.15) is 5.10 Å². The molecule has 1 amide bonds. The number of hydrogen-bond acceptors (Lipinski definition) is 5. The third kappa shape index (κ3) is 3.82. The zero-order valence-corrected chi connectivity index (χ0v) is 18.2. The molecule has 7 heteroatoms. The summed E-state index contributed by atoms with van der Waals surface area (Å²) in [7, 11) is 0. The summed E-state index contributed by atoms with van der Waals surface area (Å²) in [5, 5.41) is 17.9. The van der Waals surface area contributed by atoms with Gasteiger partial charge in [-0.3, -0.25) is 14.9 Å². The minimum Gasteiger partial charge on any atom is -0.507 e. The highest BCUT2D eigenvalue weighted by molar-refractivity contribution is 6.00. The molecule has 3 heterocycles. The largest absolute Gasteiger partial charge is 0.507 e. The van der Waals surface area contributed by atoms with Crippen molar-refractivity contribution in [3.63, 3.8) is 0 Å². The number of carbonyl (C=O) groups excluding carboxylic acids is 1. The fourth-order valence-corrected chi connectivity index (χ4v) is 4.27. The summed E-state index contributed by atoms with van der Waals surface area (Å²) in [5.41, 5.74) is 4.17. The van der Waals surface area contributed by atoms with E-state index in [1.807, 2.05) is 47.4 Å². The van der Waals surface area contributed by atoms with Crippen LogP contribution in [0.25, 0.3) is 11.3 Å². The highest BCUT2D eigenvalue weighted by Gasteiger charge is 2.42. The van der Waals surface area contributed by atoms with E-state index in [1.54, 1.807) is 30.6 Å². The second-order valence-electron chi connectivity index (χ2n) is 8.00. The number of benzene rings is 2. The summed E-state index contributed by atoms with van der Waals surface area (Å²) in [6.07, 6.45) is 4.38. The third-order valence-electron chi connectivity index (χ3n) is 5.75. The first-order valence-corrected chi connectivity index (χ1v) is 11.0. The molecular weight excluding hydrogens is 416 g/mol. The number of phenols is 1. The van der Waals surface area contributed by atoms with Crippen LogP contribution in [0.15, 0.2) is 73.1 Å². The molecule has 1 unspecified atom stereocenters. The zero-order valence-electron chi connectivity index (χ0n) is 18.2. The second kappa shape index (κ2) is 8.78. The Hall–Kier alpha value is -4.13. The number of H-pyrrole nitrogens is 1. The predicted octanol–water partition coefficient (Wildman–Crippen LogP) is 4.71. The standard InChI is InChI=1S/C26H24N4O3/c1-2-13-33-19-9-5-8-18(14-19)25-22-23(20-10-3-4-11-21(20)31)28-29-24(22)26(32)30(25)16-17-7-6-12-27-15-17/h3-12,14-15,25,31H,2,13,16H2,1H3,(H,28,29). The minimum absolute atomic E-state index is 0.115. The highest BCUT2D eigenvalue weighted by atomic mass is 16.5. The molecular formula is C26H24N4O3. The summed E-state index contributed by atoms with van der Waals surface area (Å²) < 4.78 is 5.86. The van der Waals surface area contributed by atoms with Gasteiger partial charge in [-0.05, 0) is 47.9 Å². The van der Waals surface area contributed by atoms with Crippen molar-refractivity contribution in [2.24, 2.45) is 0 Å². The molecule has 166 valence electrons. The summed E-state index contributed by atoms with van der Waals surface area (Å²) >= 11 is 0. The van der Waals surface area contributed by atoms with Crippen LogP contribution in [0, 0.1) is 0 Å². The Morgan fingerprint density at radius 3 is 2.79 bits per heavy atom. The van der Waals surface area contributed by atoms with Crippen LogP contribution in [0.5, 0.6) is 11.5 Å². The van der Waals surface area contributed by atoms with E-state index in [9.17, 15) is 9.90 Å². The molecule has 2 aromatic carbocycles. The van der Waals surface area contributed by atoms with Gasteiger partial charge in [0.25, 0.3) is 5.91 Å². The number of pyridine rings is 1. The topological polar surface area (TPSA) is 91.3 Å². The van der Waals surface area contributed by atoms with E-state index in [0.717, 1.165) is 28.9 Å². The van der Waals surface area contributed by atoms with Gasteiger partial charge in [0.2, 0.25) is 0 Å². The number of hydrogen-bond donors (Lipinski definition) is 2. The zero-order chi connectivity index (χ0) is 22.8. The minimum atomic E-state index is -0.397.